The average molecular weight is 272 g/mol. The molecule has 6 atom stereocenters. The maximum atomic E-state index is 8.91. The van der Waals surface area contributed by atoms with Crippen molar-refractivity contribution in [1.29, 1.82) is 10.5 Å². The van der Waals surface area contributed by atoms with Gasteiger partial charge in [0.15, 0.2) is 0 Å². The molecule has 2 nitrogen and oxygen atoms in total. The van der Waals surface area contributed by atoms with E-state index in [0.29, 0.717) is 0 Å². The van der Waals surface area contributed by atoms with Gasteiger partial charge in [0.1, 0.15) is 0 Å². The summed E-state index contributed by atoms with van der Waals surface area (Å²) in [5.74, 6) is 4.08. The van der Waals surface area contributed by atoms with Crippen LogP contribution >= 0.6 is 0 Å². The fraction of sp³-hybridized carbons (Fsp3) is 0.889. The summed E-state index contributed by atoms with van der Waals surface area (Å²) in [7, 11) is 0. The Labute approximate surface area is 124 Å². The quantitative estimate of drug-likeness (QED) is 0.689. The van der Waals surface area contributed by atoms with Crippen molar-refractivity contribution in [2.24, 2.45) is 35.5 Å². The number of hydrogen-bond acceptors (Lipinski definition) is 2. The predicted octanol–water partition coefficient (Wildman–Crippen LogP) is 4.92. The van der Waals surface area contributed by atoms with Gasteiger partial charge in [-0.05, 0) is 88.9 Å². The molecule has 0 radical (unpaired) electrons. The molecule has 6 unspecified atom stereocenters. The van der Waals surface area contributed by atoms with Crippen LogP contribution in [-0.4, -0.2) is 0 Å². The van der Waals surface area contributed by atoms with Crippen LogP contribution in [-0.2, 0) is 0 Å². The van der Waals surface area contributed by atoms with Crippen molar-refractivity contribution >= 4 is 0 Å². The van der Waals surface area contributed by atoms with Gasteiger partial charge >= 0.3 is 0 Å². The minimum absolute atomic E-state index is 0.225. The monoisotopic (exact) mass is 272 g/mol. The Hall–Kier alpha value is -1.02. The molecule has 2 saturated carbocycles. The zero-order valence-corrected chi connectivity index (χ0v) is 13.0. The number of nitrogens with zero attached hydrogens (tertiary/aromatic N) is 2. The Balaban J connectivity index is 1.79. The average Bonchev–Trinajstić information content (AvgIpc) is 3.04. The SMILES string of the molecule is CC(C#N)CCC1CCC2C(CCC(C)C#N)CCC12. The first kappa shape index (κ1) is 15.4. The van der Waals surface area contributed by atoms with Gasteiger partial charge in [-0.3, -0.25) is 0 Å². The van der Waals surface area contributed by atoms with Gasteiger partial charge in [0, 0.05) is 11.8 Å². The molecule has 0 saturated heterocycles. The third-order valence-corrected chi connectivity index (χ3v) is 5.88. The van der Waals surface area contributed by atoms with E-state index in [4.69, 9.17) is 10.5 Å². The Morgan fingerprint density at radius 1 is 0.800 bits per heavy atom. The standard InChI is InChI=1S/C18H28N2/c1-13(11-19)3-5-15-7-9-18-16(8-10-17(15)18)6-4-14(2)12-20/h13-18H,3-10H2,1-2H3. The number of rotatable bonds is 6. The number of nitriles is 2. The van der Waals surface area contributed by atoms with Gasteiger partial charge in [0.05, 0.1) is 12.1 Å². The molecular weight excluding hydrogens is 244 g/mol. The molecule has 0 spiro atoms. The zero-order valence-electron chi connectivity index (χ0n) is 13.0. The normalized spacial score (nSPS) is 35.0. The highest BCUT2D eigenvalue weighted by Crippen LogP contribution is 2.53. The highest BCUT2D eigenvalue weighted by Gasteiger charge is 2.43. The van der Waals surface area contributed by atoms with Crippen LogP contribution in [0.15, 0.2) is 0 Å². The maximum Gasteiger partial charge on any atom is 0.0652 e. The highest BCUT2D eigenvalue weighted by molar-refractivity contribution is 4.95. The Morgan fingerprint density at radius 2 is 1.20 bits per heavy atom. The number of hydrogen-bond donors (Lipinski definition) is 0. The molecule has 110 valence electrons. The summed E-state index contributed by atoms with van der Waals surface area (Å²) in [6.07, 6.45) is 10.3. The van der Waals surface area contributed by atoms with E-state index in [1.807, 2.05) is 13.8 Å². The highest BCUT2D eigenvalue weighted by atomic mass is 14.5. The van der Waals surface area contributed by atoms with Crippen LogP contribution < -0.4 is 0 Å². The fourth-order valence-electron chi connectivity index (χ4n) is 4.61. The Kier molecular flexibility index (Phi) is 5.47. The second-order valence-electron chi connectivity index (χ2n) is 7.22. The smallest absolute Gasteiger partial charge is 0.0652 e. The van der Waals surface area contributed by atoms with Crippen LogP contribution in [0, 0.1) is 58.2 Å². The molecule has 2 aliphatic rings. The molecule has 0 aromatic carbocycles. The second kappa shape index (κ2) is 7.12. The largest absolute Gasteiger partial charge is 0.198 e. The van der Waals surface area contributed by atoms with E-state index < -0.39 is 0 Å². The molecular formula is C18H28N2. The number of fused-ring (bicyclic) bond motifs is 1. The van der Waals surface area contributed by atoms with Crippen LogP contribution in [0.1, 0.15) is 65.2 Å². The van der Waals surface area contributed by atoms with Gasteiger partial charge < -0.3 is 0 Å². The third kappa shape index (κ3) is 3.54. The molecule has 0 N–H and O–H groups in total. The Bertz CT molecular complexity index is 351. The zero-order chi connectivity index (χ0) is 14.5. The lowest BCUT2D eigenvalue weighted by atomic mass is 9.84. The van der Waals surface area contributed by atoms with Gasteiger partial charge in [-0.15, -0.1) is 0 Å². The summed E-state index contributed by atoms with van der Waals surface area (Å²) in [5.41, 5.74) is 0. The first-order chi connectivity index (χ1) is 9.65. The van der Waals surface area contributed by atoms with Gasteiger partial charge in [0.2, 0.25) is 0 Å². The topological polar surface area (TPSA) is 47.6 Å². The minimum atomic E-state index is 0.225. The molecule has 0 heterocycles. The second-order valence-corrected chi connectivity index (χ2v) is 7.22. The van der Waals surface area contributed by atoms with Gasteiger partial charge in [-0.2, -0.15) is 10.5 Å². The molecule has 2 heteroatoms. The molecule has 2 fully saturated rings. The van der Waals surface area contributed by atoms with Gasteiger partial charge in [-0.25, -0.2) is 0 Å². The summed E-state index contributed by atoms with van der Waals surface area (Å²) in [4.78, 5) is 0. The van der Waals surface area contributed by atoms with Gasteiger partial charge in [0.25, 0.3) is 0 Å². The van der Waals surface area contributed by atoms with Crippen molar-refractivity contribution in [1.82, 2.24) is 0 Å². The van der Waals surface area contributed by atoms with Crippen molar-refractivity contribution < 1.29 is 0 Å². The van der Waals surface area contributed by atoms with Crippen molar-refractivity contribution in [2.45, 2.75) is 65.2 Å². The molecule has 0 aromatic rings. The summed E-state index contributed by atoms with van der Waals surface area (Å²) < 4.78 is 0. The van der Waals surface area contributed by atoms with Crippen molar-refractivity contribution in [3.8, 4) is 12.1 Å². The molecule has 0 aromatic heterocycles. The van der Waals surface area contributed by atoms with E-state index in [1.54, 1.807) is 0 Å². The van der Waals surface area contributed by atoms with E-state index in [2.05, 4.69) is 12.1 Å². The molecule has 2 rings (SSSR count). The summed E-state index contributed by atoms with van der Waals surface area (Å²) in [5, 5.41) is 17.8. The van der Waals surface area contributed by atoms with Crippen molar-refractivity contribution in [2.75, 3.05) is 0 Å². The van der Waals surface area contributed by atoms with Crippen LogP contribution in [0.2, 0.25) is 0 Å². The molecule has 0 amide bonds. The molecule has 0 bridgehead atoms. The van der Waals surface area contributed by atoms with E-state index in [1.165, 1.54) is 38.5 Å². The lowest BCUT2D eigenvalue weighted by Crippen LogP contribution is -2.14. The first-order valence-electron chi connectivity index (χ1n) is 8.45. The third-order valence-electron chi connectivity index (χ3n) is 5.88. The van der Waals surface area contributed by atoms with Crippen molar-refractivity contribution in [3.05, 3.63) is 0 Å². The summed E-state index contributed by atoms with van der Waals surface area (Å²) in [6, 6.07) is 4.73. The van der Waals surface area contributed by atoms with Gasteiger partial charge in [-0.1, -0.05) is 0 Å². The first-order valence-corrected chi connectivity index (χ1v) is 8.45. The fourth-order valence-corrected chi connectivity index (χ4v) is 4.61. The molecule has 20 heavy (non-hydrogen) atoms. The lowest BCUT2D eigenvalue weighted by molar-refractivity contribution is 0.282. The summed E-state index contributed by atoms with van der Waals surface area (Å²) >= 11 is 0. The lowest BCUT2D eigenvalue weighted by Gasteiger charge is -2.21. The van der Waals surface area contributed by atoms with E-state index >= 15 is 0 Å². The predicted molar refractivity (Wildman–Crippen MR) is 80.5 cm³/mol. The van der Waals surface area contributed by atoms with Crippen molar-refractivity contribution in [3.63, 3.8) is 0 Å². The minimum Gasteiger partial charge on any atom is -0.198 e. The van der Waals surface area contributed by atoms with Crippen LogP contribution in [0.3, 0.4) is 0 Å². The van der Waals surface area contributed by atoms with Crippen LogP contribution in [0.4, 0.5) is 0 Å². The summed E-state index contributed by atoms with van der Waals surface area (Å²) in [6.45, 7) is 4.10. The molecule has 0 aliphatic heterocycles. The van der Waals surface area contributed by atoms with E-state index in [0.717, 1.165) is 36.5 Å². The van der Waals surface area contributed by atoms with Crippen LogP contribution in [0.5, 0.6) is 0 Å². The van der Waals surface area contributed by atoms with Crippen LogP contribution in [0.25, 0.3) is 0 Å². The molecule has 2 aliphatic carbocycles. The Morgan fingerprint density at radius 3 is 1.55 bits per heavy atom. The maximum absolute atomic E-state index is 8.91. The van der Waals surface area contributed by atoms with E-state index in [9.17, 15) is 0 Å². The van der Waals surface area contributed by atoms with E-state index in [-0.39, 0.29) is 11.8 Å².